The highest BCUT2D eigenvalue weighted by Gasteiger charge is 2.04. The van der Waals surface area contributed by atoms with E-state index in [1.807, 2.05) is 42.5 Å². The zero-order valence-corrected chi connectivity index (χ0v) is 12.3. The number of anilines is 1. The predicted octanol–water partition coefficient (Wildman–Crippen LogP) is 4.72. The summed E-state index contributed by atoms with van der Waals surface area (Å²) in [5.74, 6) is 0.871. The molecule has 0 aliphatic carbocycles. The van der Waals surface area contributed by atoms with Crippen molar-refractivity contribution in [3.05, 3.63) is 57.5 Å². The van der Waals surface area contributed by atoms with Gasteiger partial charge in [0, 0.05) is 16.6 Å². The standard InChI is InChI=1S/C14H13BrClNO/c1-18-14-5-3-2-4-10(14)9-17-13-8-11(15)6-7-12(13)16/h2-8,17H,9H2,1H3. The van der Waals surface area contributed by atoms with Crippen LogP contribution in [-0.2, 0) is 6.54 Å². The summed E-state index contributed by atoms with van der Waals surface area (Å²) in [6, 6.07) is 13.6. The van der Waals surface area contributed by atoms with Crippen LogP contribution in [-0.4, -0.2) is 7.11 Å². The van der Waals surface area contributed by atoms with E-state index in [9.17, 15) is 0 Å². The number of hydrogen-bond donors (Lipinski definition) is 1. The first-order valence-electron chi connectivity index (χ1n) is 5.51. The van der Waals surface area contributed by atoms with Crippen LogP contribution in [0.15, 0.2) is 46.9 Å². The lowest BCUT2D eigenvalue weighted by molar-refractivity contribution is 0.410. The van der Waals surface area contributed by atoms with E-state index in [1.165, 1.54) is 0 Å². The monoisotopic (exact) mass is 325 g/mol. The lowest BCUT2D eigenvalue weighted by Gasteiger charge is -2.11. The first kappa shape index (κ1) is 13.2. The molecule has 0 unspecified atom stereocenters. The molecular formula is C14H13BrClNO. The van der Waals surface area contributed by atoms with Crippen molar-refractivity contribution >= 4 is 33.2 Å². The molecule has 94 valence electrons. The van der Waals surface area contributed by atoms with Gasteiger partial charge in [-0.1, -0.05) is 45.7 Å². The number of rotatable bonds is 4. The van der Waals surface area contributed by atoms with Gasteiger partial charge in [0.1, 0.15) is 5.75 Å². The van der Waals surface area contributed by atoms with Crippen LogP contribution in [0.3, 0.4) is 0 Å². The lowest BCUT2D eigenvalue weighted by Crippen LogP contribution is -2.02. The summed E-state index contributed by atoms with van der Waals surface area (Å²) >= 11 is 9.55. The molecule has 18 heavy (non-hydrogen) atoms. The number of methoxy groups -OCH3 is 1. The van der Waals surface area contributed by atoms with E-state index in [-0.39, 0.29) is 0 Å². The molecule has 0 saturated carbocycles. The molecule has 0 amide bonds. The fraction of sp³-hybridized carbons (Fsp3) is 0.143. The van der Waals surface area contributed by atoms with Gasteiger partial charge in [-0.2, -0.15) is 0 Å². The van der Waals surface area contributed by atoms with Crippen LogP contribution in [0.1, 0.15) is 5.56 Å². The van der Waals surface area contributed by atoms with Crippen molar-refractivity contribution in [3.63, 3.8) is 0 Å². The molecule has 2 aromatic rings. The number of benzene rings is 2. The van der Waals surface area contributed by atoms with Crippen LogP contribution >= 0.6 is 27.5 Å². The minimum Gasteiger partial charge on any atom is -0.496 e. The Morgan fingerprint density at radius 1 is 1.22 bits per heavy atom. The highest BCUT2D eigenvalue weighted by Crippen LogP contribution is 2.27. The van der Waals surface area contributed by atoms with Crippen LogP contribution in [0.5, 0.6) is 5.75 Å². The van der Waals surface area contributed by atoms with Crippen LogP contribution in [0, 0.1) is 0 Å². The molecule has 0 atom stereocenters. The molecule has 0 saturated heterocycles. The van der Waals surface area contributed by atoms with E-state index in [4.69, 9.17) is 16.3 Å². The molecule has 0 spiro atoms. The average molecular weight is 327 g/mol. The fourth-order valence-electron chi connectivity index (χ4n) is 1.67. The molecule has 0 radical (unpaired) electrons. The van der Waals surface area contributed by atoms with Gasteiger partial charge in [0.25, 0.3) is 0 Å². The van der Waals surface area contributed by atoms with E-state index in [0.717, 1.165) is 21.5 Å². The Morgan fingerprint density at radius 2 is 2.00 bits per heavy atom. The van der Waals surface area contributed by atoms with E-state index in [2.05, 4.69) is 21.2 Å². The van der Waals surface area contributed by atoms with Crippen molar-refractivity contribution in [2.75, 3.05) is 12.4 Å². The molecule has 2 aromatic carbocycles. The molecule has 2 nitrogen and oxygen atoms in total. The molecule has 0 fully saturated rings. The summed E-state index contributed by atoms with van der Waals surface area (Å²) < 4.78 is 6.30. The van der Waals surface area contributed by atoms with Gasteiger partial charge in [-0.3, -0.25) is 0 Å². The predicted molar refractivity (Wildman–Crippen MR) is 79.5 cm³/mol. The third kappa shape index (κ3) is 3.18. The zero-order valence-electron chi connectivity index (χ0n) is 9.91. The van der Waals surface area contributed by atoms with Gasteiger partial charge in [0.05, 0.1) is 17.8 Å². The molecule has 1 N–H and O–H groups in total. The lowest BCUT2D eigenvalue weighted by atomic mass is 10.2. The summed E-state index contributed by atoms with van der Waals surface area (Å²) in [5, 5.41) is 4.00. The van der Waals surface area contributed by atoms with Gasteiger partial charge >= 0.3 is 0 Å². The maximum absolute atomic E-state index is 6.12. The number of hydrogen-bond acceptors (Lipinski definition) is 2. The van der Waals surface area contributed by atoms with E-state index >= 15 is 0 Å². The maximum Gasteiger partial charge on any atom is 0.123 e. The molecule has 0 aliphatic heterocycles. The van der Waals surface area contributed by atoms with Gasteiger partial charge in [-0.05, 0) is 24.3 Å². The zero-order chi connectivity index (χ0) is 13.0. The summed E-state index contributed by atoms with van der Waals surface area (Å²) in [6.07, 6.45) is 0. The van der Waals surface area contributed by atoms with Gasteiger partial charge in [-0.25, -0.2) is 0 Å². The van der Waals surface area contributed by atoms with Gasteiger partial charge in [-0.15, -0.1) is 0 Å². The smallest absolute Gasteiger partial charge is 0.123 e. The Bertz CT molecular complexity index is 545. The third-order valence-electron chi connectivity index (χ3n) is 2.59. The van der Waals surface area contributed by atoms with Gasteiger partial charge in [0.15, 0.2) is 0 Å². The molecule has 0 heterocycles. The Balaban J connectivity index is 2.14. The number of para-hydroxylation sites is 1. The quantitative estimate of drug-likeness (QED) is 0.877. The minimum atomic E-state index is 0.667. The second kappa shape index (κ2) is 6.12. The van der Waals surface area contributed by atoms with E-state index < -0.39 is 0 Å². The van der Waals surface area contributed by atoms with Crippen molar-refractivity contribution in [1.82, 2.24) is 0 Å². The molecule has 0 bridgehead atoms. The summed E-state index contributed by atoms with van der Waals surface area (Å²) in [5.41, 5.74) is 1.99. The maximum atomic E-state index is 6.12. The van der Waals surface area contributed by atoms with Crippen molar-refractivity contribution in [1.29, 1.82) is 0 Å². The molecular weight excluding hydrogens is 314 g/mol. The molecule has 2 rings (SSSR count). The van der Waals surface area contributed by atoms with E-state index in [1.54, 1.807) is 7.11 Å². The highest BCUT2D eigenvalue weighted by atomic mass is 79.9. The number of ether oxygens (including phenoxy) is 1. The first-order valence-corrected chi connectivity index (χ1v) is 6.68. The number of nitrogens with one attached hydrogen (secondary N) is 1. The SMILES string of the molecule is COc1ccccc1CNc1cc(Br)ccc1Cl. The summed E-state index contributed by atoms with van der Waals surface area (Å²) in [6.45, 7) is 0.667. The van der Waals surface area contributed by atoms with Crippen LogP contribution in [0.4, 0.5) is 5.69 Å². The van der Waals surface area contributed by atoms with Crippen LogP contribution < -0.4 is 10.1 Å². The minimum absolute atomic E-state index is 0.667. The Labute approximate surface area is 120 Å². The Hall–Kier alpha value is -1.19. The van der Waals surface area contributed by atoms with Crippen molar-refractivity contribution in [2.24, 2.45) is 0 Å². The third-order valence-corrected chi connectivity index (χ3v) is 3.41. The van der Waals surface area contributed by atoms with Gasteiger partial charge < -0.3 is 10.1 Å². The highest BCUT2D eigenvalue weighted by molar-refractivity contribution is 9.10. The van der Waals surface area contributed by atoms with Crippen molar-refractivity contribution in [2.45, 2.75) is 6.54 Å². The van der Waals surface area contributed by atoms with Crippen molar-refractivity contribution in [3.8, 4) is 5.75 Å². The number of halogens is 2. The largest absolute Gasteiger partial charge is 0.496 e. The first-order chi connectivity index (χ1) is 8.70. The second-order valence-corrected chi connectivity index (χ2v) is 5.11. The molecule has 0 aliphatic rings. The molecule has 0 aromatic heterocycles. The normalized spacial score (nSPS) is 10.2. The van der Waals surface area contributed by atoms with E-state index in [0.29, 0.717) is 11.6 Å². The Kier molecular flexibility index (Phi) is 4.50. The van der Waals surface area contributed by atoms with Crippen molar-refractivity contribution < 1.29 is 4.74 Å². The second-order valence-electron chi connectivity index (χ2n) is 3.79. The van der Waals surface area contributed by atoms with Crippen LogP contribution in [0.2, 0.25) is 5.02 Å². The Morgan fingerprint density at radius 3 is 2.78 bits per heavy atom. The molecule has 4 heteroatoms. The van der Waals surface area contributed by atoms with Gasteiger partial charge in [0.2, 0.25) is 0 Å². The average Bonchev–Trinajstić information content (AvgIpc) is 2.40. The summed E-state index contributed by atoms with van der Waals surface area (Å²) in [4.78, 5) is 0. The fourth-order valence-corrected chi connectivity index (χ4v) is 2.22. The summed E-state index contributed by atoms with van der Waals surface area (Å²) in [7, 11) is 1.67. The topological polar surface area (TPSA) is 21.3 Å². The van der Waals surface area contributed by atoms with Crippen LogP contribution in [0.25, 0.3) is 0 Å².